The molecule has 5 heteroatoms. The first-order valence-corrected chi connectivity index (χ1v) is 7.21. The predicted molar refractivity (Wildman–Crippen MR) is 84.7 cm³/mol. The maximum atomic E-state index is 12.2. The summed E-state index contributed by atoms with van der Waals surface area (Å²) in [6.07, 6.45) is 3.65. The number of carbonyl (C=O) groups excluding carboxylic acids is 1. The van der Waals surface area contributed by atoms with Crippen LogP contribution in [0.4, 0.5) is 0 Å². The fourth-order valence-corrected chi connectivity index (χ4v) is 2.42. The summed E-state index contributed by atoms with van der Waals surface area (Å²) in [7, 11) is 0. The quantitative estimate of drug-likeness (QED) is 0.830. The molecule has 0 fully saturated rings. The average Bonchev–Trinajstić information content (AvgIpc) is 2.85. The molecule has 0 radical (unpaired) electrons. The molecule has 2 aromatic carbocycles. The number of aliphatic hydroxyl groups excluding tert-OH is 1. The molecule has 0 spiro atoms. The van der Waals surface area contributed by atoms with Crippen LogP contribution in [-0.4, -0.2) is 28.9 Å². The van der Waals surface area contributed by atoms with Gasteiger partial charge in [0.25, 0.3) is 0 Å². The number of fused-ring (bicyclic) bond motifs is 1. The second-order valence-electron chi connectivity index (χ2n) is 5.13. The van der Waals surface area contributed by atoms with Crippen LogP contribution in [0.2, 0.25) is 0 Å². The second kappa shape index (κ2) is 6.54. The summed E-state index contributed by atoms with van der Waals surface area (Å²) in [4.78, 5) is 12.2. The lowest BCUT2D eigenvalue weighted by molar-refractivity contribution is 0.0861. The topological polar surface area (TPSA) is 76.0 Å². The molecule has 0 saturated heterocycles. The Kier molecular flexibility index (Phi) is 4.30. The number of Topliss-reactive ketones (excluding diaryl/α,β-unsaturated/α-hetero) is 1. The van der Waals surface area contributed by atoms with E-state index in [-0.39, 0.29) is 18.3 Å². The largest absolute Gasteiger partial charge is 0.508 e. The van der Waals surface area contributed by atoms with Gasteiger partial charge in [-0.1, -0.05) is 24.3 Å². The van der Waals surface area contributed by atoms with Crippen LogP contribution < -0.4 is 9.47 Å². The third kappa shape index (κ3) is 3.35. The molecular weight excluding hydrogens is 296 g/mol. The van der Waals surface area contributed by atoms with Gasteiger partial charge in [0.05, 0.1) is 5.56 Å². The van der Waals surface area contributed by atoms with E-state index in [0.29, 0.717) is 23.5 Å². The first-order chi connectivity index (χ1) is 11.2. The highest BCUT2D eigenvalue weighted by Crippen LogP contribution is 2.33. The lowest BCUT2D eigenvalue weighted by atomic mass is 10.1. The van der Waals surface area contributed by atoms with Crippen molar-refractivity contribution in [2.75, 3.05) is 6.79 Å². The van der Waals surface area contributed by atoms with E-state index in [1.807, 2.05) is 24.3 Å². The van der Waals surface area contributed by atoms with Crippen molar-refractivity contribution in [3.05, 3.63) is 59.7 Å². The van der Waals surface area contributed by atoms with Crippen molar-refractivity contribution >= 4 is 11.9 Å². The molecule has 118 valence electrons. The Labute approximate surface area is 133 Å². The van der Waals surface area contributed by atoms with Crippen molar-refractivity contribution in [3.8, 4) is 17.2 Å². The van der Waals surface area contributed by atoms with Crippen molar-refractivity contribution in [2.24, 2.45) is 0 Å². The molecule has 0 bridgehead atoms. The smallest absolute Gasteiger partial charge is 0.207 e. The maximum Gasteiger partial charge on any atom is 0.207 e. The van der Waals surface area contributed by atoms with Gasteiger partial charge in [0, 0.05) is 12.5 Å². The zero-order valence-corrected chi connectivity index (χ0v) is 12.3. The highest BCUT2D eigenvalue weighted by Gasteiger charge is 2.31. The van der Waals surface area contributed by atoms with Crippen LogP contribution >= 0.6 is 0 Å². The molecular formula is C18H16O5. The van der Waals surface area contributed by atoms with Crippen LogP contribution in [0.1, 0.15) is 22.3 Å². The van der Waals surface area contributed by atoms with E-state index >= 15 is 0 Å². The standard InChI is InChI=1S/C18H16O5/c19-11-22-14-7-4-12(5-8-14)2-1-3-16-18(21)15-9-6-13(20)10-17(15)23-16/h1-2,4-10,16,19-20H,3,11H2/b2-1+. The summed E-state index contributed by atoms with van der Waals surface area (Å²) in [6.45, 7) is -0.355. The summed E-state index contributed by atoms with van der Waals surface area (Å²) >= 11 is 0. The predicted octanol–water partition coefficient (Wildman–Crippen LogP) is 2.77. The Hall–Kier alpha value is -2.79. The minimum Gasteiger partial charge on any atom is -0.508 e. The third-order valence-corrected chi connectivity index (χ3v) is 3.56. The van der Waals surface area contributed by atoms with Crippen LogP contribution in [0.5, 0.6) is 17.2 Å². The number of ketones is 1. The van der Waals surface area contributed by atoms with Crippen molar-refractivity contribution < 1.29 is 24.5 Å². The van der Waals surface area contributed by atoms with Crippen LogP contribution in [-0.2, 0) is 0 Å². The van der Waals surface area contributed by atoms with Crippen molar-refractivity contribution in [1.82, 2.24) is 0 Å². The number of benzene rings is 2. The van der Waals surface area contributed by atoms with E-state index in [2.05, 4.69) is 0 Å². The average molecular weight is 312 g/mol. The third-order valence-electron chi connectivity index (χ3n) is 3.56. The summed E-state index contributed by atoms with van der Waals surface area (Å²) in [5.74, 6) is 1.03. The molecule has 1 aliphatic heterocycles. The minimum atomic E-state index is -0.556. The molecule has 2 N–H and O–H groups in total. The molecule has 1 heterocycles. The van der Waals surface area contributed by atoms with Crippen molar-refractivity contribution in [3.63, 3.8) is 0 Å². The van der Waals surface area contributed by atoms with Crippen LogP contribution in [0.3, 0.4) is 0 Å². The number of aromatic hydroxyl groups is 1. The molecule has 1 atom stereocenters. The number of phenolic OH excluding ortho intramolecular Hbond substituents is 1. The highest BCUT2D eigenvalue weighted by atomic mass is 16.6. The fraction of sp³-hybridized carbons (Fsp3) is 0.167. The number of aliphatic hydroxyl groups is 1. The van der Waals surface area contributed by atoms with Gasteiger partial charge < -0.3 is 19.7 Å². The second-order valence-corrected chi connectivity index (χ2v) is 5.13. The number of phenols is 1. The summed E-state index contributed by atoms with van der Waals surface area (Å²) < 4.78 is 10.5. The lowest BCUT2D eigenvalue weighted by Crippen LogP contribution is -2.19. The zero-order valence-electron chi connectivity index (χ0n) is 12.3. The lowest BCUT2D eigenvalue weighted by Gasteiger charge is -2.06. The van der Waals surface area contributed by atoms with Gasteiger partial charge in [-0.3, -0.25) is 4.79 Å². The molecule has 3 rings (SSSR count). The van der Waals surface area contributed by atoms with Gasteiger partial charge in [0.15, 0.2) is 12.9 Å². The van der Waals surface area contributed by atoms with E-state index in [4.69, 9.17) is 14.6 Å². The van der Waals surface area contributed by atoms with Gasteiger partial charge in [-0.15, -0.1) is 0 Å². The maximum absolute atomic E-state index is 12.2. The van der Waals surface area contributed by atoms with E-state index in [0.717, 1.165) is 5.56 Å². The van der Waals surface area contributed by atoms with Gasteiger partial charge in [-0.2, -0.15) is 0 Å². The Morgan fingerprint density at radius 3 is 2.70 bits per heavy atom. The monoisotopic (exact) mass is 312 g/mol. The Morgan fingerprint density at radius 1 is 1.17 bits per heavy atom. The fourth-order valence-electron chi connectivity index (χ4n) is 2.42. The molecule has 0 amide bonds. The molecule has 0 saturated carbocycles. The van der Waals surface area contributed by atoms with E-state index < -0.39 is 6.10 Å². The summed E-state index contributed by atoms with van der Waals surface area (Å²) in [5, 5.41) is 18.1. The Morgan fingerprint density at radius 2 is 1.96 bits per heavy atom. The summed E-state index contributed by atoms with van der Waals surface area (Å²) in [6, 6.07) is 11.7. The number of hydrogen-bond donors (Lipinski definition) is 2. The zero-order chi connectivity index (χ0) is 16.2. The molecule has 0 aromatic heterocycles. The van der Waals surface area contributed by atoms with Crippen LogP contribution in [0, 0.1) is 0 Å². The number of rotatable bonds is 5. The van der Waals surface area contributed by atoms with E-state index in [1.54, 1.807) is 18.2 Å². The molecule has 5 nitrogen and oxygen atoms in total. The molecule has 0 aliphatic carbocycles. The van der Waals surface area contributed by atoms with Gasteiger partial charge in [-0.05, 0) is 29.8 Å². The van der Waals surface area contributed by atoms with Gasteiger partial charge in [0.2, 0.25) is 5.78 Å². The first kappa shape index (κ1) is 15.1. The molecule has 2 aromatic rings. The molecule has 1 aliphatic rings. The number of ether oxygens (including phenoxy) is 2. The molecule has 23 heavy (non-hydrogen) atoms. The summed E-state index contributed by atoms with van der Waals surface area (Å²) in [5.41, 5.74) is 1.46. The van der Waals surface area contributed by atoms with E-state index in [9.17, 15) is 9.90 Å². The van der Waals surface area contributed by atoms with Crippen LogP contribution in [0.15, 0.2) is 48.5 Å². The SMILES string of the molecule is O=C1c2ccc(O)cc2OC1C/C=C/c1ccc(OCO)cc1. The number of hydrogen-bond acceptors (Lipinski definition) is 5. The first-order valence-electron chi connectivity index (χ1n) is 7.21. The van der Waals surface area contributed by atoms with Gasteiger partial charge in [-0.25, -0.2) is 0 Å². The Bertz CT molecular complexity index is 734. The molecule has 1 unspecified atom stereocenters. The highest BCUT2D eigenvalue weighted by molar-refractivity contribution is 6.04. The Balaban J connectivity index is 1.62. The van der Waals surface area contributed by atoms with Gasteiger partial charge in [0.1, 0.15) is 17.2 Å². The van der Waals surface area contributed by atoms with Crippen LogP contribution in [0.25, 0.3) is 6.08 Å². The normalized spacial score (nSPS) is 16.4. The van der Waals surface area contributed by atoms with Crippen molar-refractivity contribution in [1.29, 1.82) is 0 Å². The van der Waals surface area contributed by atoms with E-state index in [1.165, 1.54) is 12.1 Å². The minimum absolute atomic E-state index is 0.0728. The van der Waals surface area contributed by atoms with Gasteiger partial charge >= 0.3 is 0 Å². The number of carbonyl (C=O) groups is 1. The van der Waals surface area contributed by atoms with Crippen molar-refractivity contribution in [2.45, 2.75) is 12.5 Å².